The van der Waals surface area contributed by atoms with Gasteiger partial charge in [0.15, 0.2) is 5.01 Å². The molecule has 1 amide bonds. The fraction of sp³-hybridized carbons (Fsp3) is 0.286. The second-order valence-electron chi connectivity index (χ2n) is 4.07. The molecule has 1 N–H and O–H groups in total. The van der Waals surface area contributed by atoms with Crippen LogP contribution < -0.4 is 14.8 Å². The molecule has 0 aliphatic carbocycles. The number of carbonyl (C=O) groups excluding carboxylic acids is 1. The van der Waals surface area contributed by atoms with Gasteiger partial charge >= 0.3 is 0 Å². The zero-order valence-electron chi connectivity index (χ0n) is 11.4. The van der Waals surface area contributed by atoms with E-state index in [1.807, 2.05) is 36.6 Å². The van der Waals surface area contributed by atoms with Gasteiger partial charge in [-0.05, 0) is 31.2 Å². The Morgan fingerprint density at radius 2 is 2.00 bits per heavy atom. The maximum atomic E-state index is 11.7. The minimum absolute atomic E-state index is 0.165. The lowest BCUT2D eigenvalue weighted by Crippen LogP contribution is -2.28. The molecule has 0 fully saturated rings. The molecule has 0 bridgehead atoms. The number of carbonyl (C=O) groups is 1. The molecule has 106 valence electrons. The minimum Gasteiger partial charge on any atom is -0.497 e. The first-order valence-corrected chi connectivity index (χ1v) is 7.04. The van der Waals surface area contributed by atoms with Gasteiger partial charge in [-0.3, -0.25) is 4.79 Å². The SMILES string of the molecule is COc1ccc(OCCNC(=O)c2nc(C)cs2)cc1. The molecule has 0 saturated heterocycles. The predicted octanol–water partition coefficient (Wildman–Crippen LogP) is 2.27. The maximum Gasteiger partial charge on any atom is 0.280 e. The fourth-order valence-electron chi connectivity index (χ4n) is 1.54. The Kier molecular flexibility index (Phi) is 4.95. The Morgan fingerprint density at radius 1 is 1.30 bits per heavy atom. The zero-order chi connectivity index (χ0) is 14.4. The summed E-state index contributed by atoms with van der Waals surface area (Å²) in [5.74, 6) is 1.36. The number of aryl methyl sites for hydroxylation is 1. The second-order valence-corrected chi connectivity index (χ2v) is 4.93. The van der Waals surface area contributed by atoms with Crippen LogP contribution in [0.1, 0.15) is 15.5 Å². The van der Waals surface area contributed by atoms with Crippen molar-refractivity contribution >= 4 is 17.2 Å². The highest BCUT2D eigenvalue weighted by atomic mass is 32.1. The number of aromatic nitrogens is 1. The summed E-state index contributed by atoms with van der Waals surface area (Å²) in [7, 11) is 1.62. The van der Waals surface area contributed by atoms with Crippen LogP contribution in [0.3, 0.4) is 0 Å². The quantitative estimate of drug-likeness (QED) is 0.830. The number of benzene rings is 1. The Morgan fingerprint density at radius 3 is 2.60 bits per heavy atom. The lowest BCUT2D eigenvalue weighted by Gasteiger charge is -2.07. The lowest BCUT2D eigenvalue weighted by molar-refractivity contribution is 0.0946. The number of amides is 1. The van der Waals surface area contributed by atoms with Crippen molar-refractivity contribution in [3.63, 3.8) is 0 Å². The van der Waals surface area contributed by atoms with Gasteiger partial charge in [-0.1, -0.05) is 0 Å². The highest BCUT2D eigenvalue weighted by Crippen LogP contribution is 2.16. The number of nitrogens with zero attached hydrogens (tertiary/aromatic N) is 1. The Balaban J connectivity index is 1.72. The van der Waals surface area contributed by atoms with Crippen LogP contribution in [0.5, 0.6) is 11.5 Å². The van der Waals surface area contributed by atoms with E-state index in [0.29, 0.717) is 18.2 Å². The smallest absolute Gasteiger partial charge is 0.280 e. The highest BCUT2D eigenvalue weighted by molar-refractivity contribution is 7.11. The number of hydrogen-bond acceptors (Lipinski definition) is 5. The van der Waals surface area contributed by atoms with Crippen LogP contribution in [-0.2, 0) is 0 Å². The zero-order valence-corrected chi connectivity index (χ0v) is 12.2. The normalized spacial score (nSPS) is 10.1. The Bertz CT molecular complexity index is 566. The molecule has 0 atom stereocenters. The van der Waals surface area contributed by atoms with Crippen molar-refractivity contribution < 1.29 is 14.3 Å². The largest absolute Gasteiger partial charge is 0.497 e. The van der Waals surface area contributed by atoms with E-state index < -0.39 is 0 Å². The molecule has 1 heterocycles. The third-order valence-electron chi connectivity index (χ3n) is 2.53. The summed E-state index contributed by atoms with van der Waals surface area (Å²) in [5.41, 5.74) is 0.856. The van der Waals surface area contributed by atoms with Crippen molar-refractivity contribution in [1.29, 1.82) is 0 Å². The van der Waals surface area contributed by atoms with Crippen molar-refractivity contribution in [3.05, 3.63) is 40.3 Å². The Labute approximate surface area is 121 Å². The summed E-state index contributed by atoms with van der Waals surface area (Å²) < 4.78 is 10.6. The summed E-state index contributed by atoms with van der Waals surface area (Å²) >= 11 is 1.34. The number of hydrogen-bond donors (Lipinski definition) is 1. The van der Waals surface area contributed by atoms with Crippen LogP contribution in [0.25, 0.3) is 0 Å². The molecule has 5 nitrogen and oxygen atoms in total. The van der Waals surface area contributed by atoms with Gasteiger partial charge in [0, 0.05) is 11.1 Å². The van der Waals surface area contributed by atoms with E-state index in [9.17, 15) is 4.79 Å². The molecular weight excluding hydrogens is 276 g/mol. The van der Waals surface area contributed by atoms with E-state index in [2.05, 4.69) is 10.3 Å². The molecular formula is C14H16N2O3S. The predicted molar refractivity (Wildman–Crippen MR) is 77.7 cm³/mol. The van der Waals surface area contributed by atoms with Crippen LogP contribution in [0, 0.1) is 6.92 Å². The number of ether oxygens (including phenoxy) is 2. The third-order valence-corrected chi connectivity index (χ3v) is 3.49. The second kappa shape index (κ2) is 6.91. The van der Waals surface area contributed by atoms with Crippen molar-refractivity contribution in [1.82, 2.24) is 10.3 Å². The van der Waals surface area contributed by atoms with Gasteiger partial charge in [0.2, 0.25) is 0 Å². The van der Waals surface area contributed by atoms with Crippen molar-refractivity contribution in [2.24, 2.45) is 0 Å². The van der Waals surface area contributed by atoms with Gasteiger partial charge in [0.1, 0.15) is 18.1 Å². The van der Waals surface area contributed by atoms with Crippen LogP contribution in [0.15, 0.2) is 29.6 Å². The molecule has 0 aliphatic rings. The first-order valence-electron chi connectivity index (χ1n) is 6.16. The molecule has 0 unspecified atom stereocenters. The topological polar surface area (TPSA) is 60.5 Å². The number of rotatable bonds is 6. The monoisotopic (exact) mass is 292 g/mol. The first kappa shape index (κ1) is 14.3. The summed E-state index contributed by atoms with van der Waals surface area (Å²) in [6, 6.07) is 7.30. The lowest BCUT2D eigenvalue weighted by atomic mass is 10.3. The summed E-state index contributed by atoms with van der Waals surface area (Å²) in [6.45, 7) is 2.70. The maximum absolute atomic E-state index is 11.7. The van der Waals surface area contributed by atoms with E-state index in [1.165, 1.54) is 11.3 Å². The van der Waals surface area contributed by atoms with Crippen molar-refractivity contribution in [2.75, 3.05) is 20.3 Å². The molecule has 0 aliphatic heterocycles. The molecule has 20 heavy (non-hydrogen) atoms. The molecule has 1 aromatic heterocycles. The average molecular weight is 292 g/mol. The van der Waals surface area contributed by atoms with E-state index in [0.717, 1.165) is 17.2 Å². The number of thiazole rings is 1. The van der Waals surface area contributed by atoms with Crippen LogP contribution in [0.2, 0.25) is 0 Å². The van der Waals surface area contributed by atoms with Gasteiger partial charge < -0.3 is 14.8 Å². The molecule has 6 heteroatoms. The molecule has 0 spiro atoms. The fourth-order valence-corrected chi connectivity index (χ4v) is 2.25. The van der Waals surface area contributed by atoms with Crippen molar-refractivity contribution in [2.45, 2.75) is 6.92 Å². The Hall–Kier alpha value is -2.08. The van der Waals surface area contributed by atoms with Gasteiger partial charge in [-0.2, -0.15) is 0 Å². The minimum atomic E-state index is -0.165. The highest BCUT2D eigenvalue weighted by Gasteiger charge is 2.08. The summed E-state index contributed by atoms with van der Waals surface area (Å²) in [6.07, 6.45) is 0. The number of nitrogens with one attached hydrogen (secondary N) is 1. The third kappa shape index (κ3) is 3.96. The average Bonchev–Trinajstić information content (AvgIpc) is 2.91. The van der Waals surface area contributed by atoms with Crippen LogP contribution in [-0.4, -0.2) is 31.2 Å². The van der Waals surface area contributed by atoms with Gasteiger partial charge in [0.25, 0.3) is 5.91 Å². The molecule has 2 rings (SSSR count). The summed E-state index contributed by atoms with van der Waals surface area (Å²) in [5, 5.41) is 5.09. The van der Waals surface area contributed by atoms with Crippen LogP contribution >= 0.6 is 11.3 Å². The first-order chi connectivity index (χ1) is 9.69. The number of methoxy groups -OCH3 is 1. The molecule has 0 saturated carbocycles. The van der Waals surface area contributed by atoms with Gasteiger partial charge in [0.05, 0.1) is 13.7 Å². The van der Waals surface area contributed by atoms with Crippen molar-refractivity contribution in [3.8, 4) is 11.5 Å². The van der Waals surface area contributed by atoms with E-state index in [1.54, 1.807) is 7.11 Å². The standard InChI is InChI=1S/C14H16N2O3S/c1-10-9-20-14(16-10)13(17)15-7-8-19-12-5-3-11(18-2)4-6-12/h3-6,9H,7-8H2,1-2H3,(H,15,17). The van der Waals surface area contributed by atoms with Gasteiger partial charge in [-0.15, -0.1) is 11.3 Å². The van der Waals surface area contributed by atoms with E-state index in [-0.39, 0.29) is 5.91 Å². The molecule has 2 aromatic rings. The molecule has 0 radical (unpaired) electrons. The molecule has 1 aromatic carbocycles. The van der Waals surface area contributed by atoms with E-state index >= 15 is 0 Å². The van der Waals surface area contributed by atoms with Gasteiger partial charge in [-0.25, -0.2) is 4.98 Å². The van der Waals surface area contributed by atoms with E-state index in [4.69, 9.17) is 9.47 Å². The van der Waals surface area contributed by atoms with Crippen LogP contribution in [0.4, 0.5) is 0 Å². The summed E-state index contributed by atoms with van der Waals surface area (Å²) in [4.78, 5) is 15.8.